The van der Waals surface area contributed by atoms with Crippen molar-refractivity contribution in [3.63, 3.8) is 0 Å². The fraction of sp³-hybridized carbons (Fsp3) is 0.444. The van der Waals surface area contributed by atoms with Crippen LogP contribution in [-0.2, 0) is 4.79 Å². The lowest BCUT2D eigenvalue weighted by atomic mass is 10.3. The zero-order valence-electron chi connectivity index (χ0n) is 8.06. The molecule has 1 amide bonds. The molecule has 2 N–H and O–H groups in total. The third kappa shape index (κ3) is 4.18. The van der Waals surface area contributed by atoms with Gasteiger partial charge >= 0.3 is 0 Å². The number of nitrogens with zero attached hydrogens (tertiary/aromatic N) is 2. The van der Waals surface area contributed by atoms with E-state index in [1.54, 1.807) is 6.20 Å². The summed E-state index contributed by atoms with van der Waals surface area (Å²) in [6, 6.07) is 0. The smallest absolute Gasteiger partial charge is 0.217 e. The molecule has 5 heteroatoms. The molecule has 1 heterocycles. The Morgan fingerprint density at radius 3 is 2.79 bits per heavy atom. The third-order valence-corrected chi connectivity index (χ3v) is 1.92. The van der Waals surface area contributed by atoms with Crippen LogP contribution in [0, 0.1) is 0 Å². The Balaban J connectivity index is 0.00000169. The van der Waals surface area contributed by atoms with E-state index in [0.717, 1.165) is 19.6 Å². The molecule has 0 atom stereocenters. The summed E-state index contributed by atoms with van der Waals surface area (Å²) in [5.41, 5.74) is 5.03. The number of hydrogen-bond donors (Lipinski definition) is 1. The molecular formula is C9H16ClN3O. The van der Waals surface area contributed by atoms with Crippen LogP contribution in [0.1, 0.15) is 12.8 Å². The summed E-state index contributed by atoms with van der Waals surface area (Å²) in [5.74, 6) is -0.233. The van der Waals surface area contributed by atoms with Crippen molar-refractivity contribution in [3.8, 4) is 0 Å². The molecule has 0 bridgehead atoms. The fourth-order valence-corrected chi connectivity index (χ4v) is 1.20. The summed E-state index contributed by atoms with van der Waals surface area (Å²) in [4.78, 5) is 14.5. The van der Waals surface area contributed by atoms with Crippen molar-refractivity contribution < 1.29 is 4.79 Å². The van der Waals surface area contributed by atoms with Gasteiger partial charge in [0.15, 0.2) is 0 Å². The van der Waals surface area contributed by atoms with E-state index >= 15 is 0 Å². The highest BCUT2D eigenvalue weighted by Crippen LogP contribution is 2.07. The molecule has 0 aromatic carbocycles. The average molecular weight is 218 g/mol. The highest BCUT2D eigenvalue weighted by Gasteiger charge is 2.08. The summed E-state index contributed by atoms with van der Waals surface area (Å²) in [7, 11) is 0. The fourth-order valence-electron chi connectivity index (χ4n) is 1.20. The Labute approximate surface area is 90.4 Å². The monoisotopic (exact) mass is 217 g/mol. The highest BCUT2D eigenvalue weighted by molar-refractivity contribution is 5.85. The molecule has 0 aliphatic carbocycles. The Kier molecular flexibility index (Phi) is 5.79. The standard InChI is InChI=1S/C9H15N3O.ClH/c1-2-11-6-7-12(8-11)5-3-4-9(10)13;/h2,6-7H,1,3-5,8H2,(H2,10,13);1H. The van der Waals surface area contributed by atoms with Crippen LogP contribution in [0.25, 0.3) is 0 Å². The predicted molar refractivity (Wildman–Crippen MR) is 58.4 cm³/mol. The molecule has 0 saturated heterocycles. The largest absolute Gasteiger partial charge is 0.370 e. The molecule has 0 saturated carbocycles. The van der Waals surface area contributed by atoms with Crippen LogP contribution < -0.4 is 5.73 Å². The summed E-state index contributed by atoms with van der Waals surface area (Å²) in [5, 5.41) is 0. The maximum absolute atomic E-state index is 10.5. The van der Waals surface area contributed by atoms with E-state index in [0.29, 0.717) is 6.42 Å². The number of rotatable bonds is 5. The summed E-state index contributed by atoms with van der Waals surface area (Å²) in [6.07, 6.45) is 6.98. The molecule has 80 valence electrons. The first-order valence-corrected chi connectivity index (χ1v) is 4.31. The Hall–Kier alpha value is -1.16. The van der Waals surface area contributed by atoms with Crippen LogP contribution in [0.15, 0.2) is 25.2 Å². The lowest BCUT2D eigenvalue weighted by molar-refractivity contribution is -0.118. The van der Waals surface area contributed by atoms with Crippen molar-refractivity contribution >= 4 is 18.3 Å². The SMILES string of the molecule is C=CN1C=CN(CCCC(N)=O)C1.Cl. The van der Waals surface area contributed by atoms with E-state index in [-0.39, 0.29) is 18.3 Å². The molecule has 0 unspecified atom stereocenters. The first kappa shape index (κ1) is 12.8. The van der Waals surface area contributed by atoms with Crippen LogP contribution in [-0.4, -0.2) is 28.9 Å². The van der Waals surface area contributed by atoms with Gasteiger partial charge in [0.05, 0.1) is 6.67 Å². The lowest BCUT2D eigenvalue weighted by Crippen LogP contribution is -2.23. The molecule has 0 fully saturated rings. The highest BCUT2D eigenvalue weighted by atomic mass is 35.5. The minimum Gasteiger partial charge on any atom is -0.370 e. The first-order valence-electron chi connectivity index (χ1n) is 4.31. The maximum atomic E-state index is 10.5. The van der Waals surface area contributed by atoms with Gasteiger partial charge in [-0.2, -0.15) is 0 Å². The molecule has 1 aliphatic rings. The van der Waals surface area contributed by atoms with Gasteiger partial charge in [0.2, 0.25) is 5.91 Å². The van der Waals surface area contributed by atoms with E-state index in [9.17, 15) is 4.79 Å². The van der Waals surface area contributed by atoms with Crippen LogP contribution >= 0.6 is 12.4 Å². The normalized spacial score (nSPS) is 14.0. The second-order valence-corrected chi connectivity index (χ2v) is 3.02. The molecule has 0 spiro atoms. The summed E-state index contributed by atoms with van der Waals surface area (Å²) >= 11 is 0. The van der Waals surface area contributed by atoms with Crippen LogP contribution in [0.2, 0.25) is 0 Å². The van der Waals surface area contributed by atoms with E-state index in [2.05, 4.69) is 11.5 Å². The summed E-state index contributed by atoms with van der Waals surface area (Å²) in [6.45, 7) is 5.35. The number of primary amides is 1. The van der Waals surface area contributed by atoms with Crippen LogP contribution in [0.5, 0.6) is 0 Å². The molecule has 1 rings (SSSR count). The molecule has 14 heavy (non-hydrogen) atoms. The molecular weight excluding hydrogens is 202 g/mol. The second kappa shape index (κ2) is 6.32. The quantitative estimate of drug-likeness (QED) is 0.744. The Morgan fingerprint density at radius 2 is 2.29 bits per heavy atom. The van der Waals surface area contributed by atoms with Crippen molar-refractivity contribution in [1.29, 1.82) is 0 Å². The first-order chi connectivity index (χ1) is 6.22. The number of halogens is 1. The predicted octanol–water partition coefficient (Wildman–Crippen LogP) is 0.863. The number of carbonyl (C=O) groups excluding carboxylic acids is 1. The number of nitrogens with two attached hydrogens (primary N) is 1. The van der Waals surface area contributed by atoms with Crippen LogP contribution in [0.3, 0.4) is 0 Å². The average Bonchev–Trinajstić information content (AvgIpc) is 2.52. The van der Waals surface area contributed by atoms with Gasteiger partial charge in [-0.1, -0.05) is 6.58 Å². The van der Waals surface area contributed by atoms with Crippen molar-refractivity contribution in [2.24, 2.45) is 5.73 Å². The van der Waals surface area contributed by atoms with Gasteiger partial charge in [-0.3, -0.25) is 4.79 Å². The van der Waals surface area contributed by atoms with E-state index in [1.165, 1.54) is 0 Å². The van der Waals surface area contributed by atoms with Gasteiger partial charge in [-0.25, -0.2) is 0 Å². The number of amides is 1. The zero-order valence-corrected chi connectivity index (χ0v) is 8.87. The van der Waals surface area contributed by atoms with Gasteiger partial charge < -0.3 is 15.5 Å². The second-order valence-electron chi connectivity index (χ2n) is 3.02. The van der Waals surface area contributed by atoms with Gasteiger partial charge in [-0.05, 0) is 12.6 Å². The molecule has 0 radical (unpaired) electrons. The van der Waals surface area contributed by atoms with E-state index in [1.807, 2.05) is 17.3 Å². The molecule has 0 aromatic rings. The van der Waals surface area contributed by atoms with Gasteiger partial charge in [0, 0.05) is 25.4 Å². The minimum absolute atomic E-state index is 0. The molecule has 4 nitrogen and oxygen atoms in total. The van der Waals surface area contributed by atoms with Gasteiger partial charge in [0.25, 0.3) is 0 Å². The number of hydrogen-bond acceptors (Lipinski definition) is 3. The summed E-state index contributed by atoms with van der Waals surface area (Å²) < 4.78 is 0. The maximum Gasteiger partial charge on any atom is 0.217 e. The van der Waals surface area contributed by atoms with Gasteiger partial charge in [0.1, 0.15) is 0 Å². The lowest BCUT2D eigenvalue weighted by Gasteiger charge is -2.17. The molecule has 0 aromatic heterocycles. The van der Waals surface area contributed by atoms with Crippen molar-refractivity contribution in [2.45, 2.75) is 12.8 Å². The third-order valence-electron chi connectivity index (χ3n) is 1.92. The van der Waals surface area contributed by atoms with E-state index in [4.69, 9.17) is 5.73 Å². The van der Waals surface area contributed by atoms with Gasteiger partial charge in [-0.15, -0.1) is 12.4 Å². The van der Waals surface area contributed by atoms with Crippen molar-refractivity contribution in [3.05, 3.63) is 25.2 Å². The Morgan fingerprint density at radius 1 is 1.57 bits per heavy atom. The molecule has 1 aliphatic heterocycles. The number of carbonyl (C=O) groups is 1. The minimum atomic E-state index is -0.233. The Bertz CT molecular complexity index is 230. The zero-order chi connectivity index (χ0) is 9.68. The van der Waals surface area contributed by atoms with Crippen LogP contribution in [0.4, 0.5) is 0 Å². The van der Waals surface area contributed by atoms with Crippen molar-refractivity contribution in [2.75, 3.05) is 13.2 Å². The topological polar surface area (TPSA) is 49.6 Å². The van der Waals surface area contributed by atoms with E-state index < -0.39 is 0 Å². The van der Waals surface area contributed by atoms with Crippen molar-refractivity contribution in [1.82, 2.24) is 9.80 Å².